The first-order chi connectivity index (χ1) is 4.54. The lowest BCUT2D eigenvalue weighted by Gasteiger charge is -2.24. The van der Waals surface area contributed by atoms with Gasteiger partial charge in [-0.25, -0.2) is 4.79 Å². The second-order valence-electron chi connectivity index (χ2n) is 2.31. The van der Waals surface area contributed by atoms with E-state index in [1.807, 2.05) is 13.8 Å². The summed E-state index contributed by atoms with van der Waals surface area (Å²) in [5.74, 6) is 0. The van der Waals surface area contributed by atoms with Gasteiger partial charge >= 0.3 is 5.30 Å². The fourth-order valence-electron chi connectivity index (χ4n) is 0.405. The Hall–Kier alpha value is 0.550. The first-order valence-electron chi connectivity index (χ1n) is 3.02. The van der Waals surface area contributed by atoms with Crippen LogP contribution in [-0.4, -0.2) is 15.3 Å². The van der Waals surface area contributed by atoms with Crippen molar-refractivity contribution in [1.82, 2.24) is 0 Å². The van der Waals surface area contributed by atoms with Crippen LogP contribution in [0.15, 0.2) is 0 Å². The van der Waals surface area contributed by atoms with Crippen LogP contribution in [0, 0.1) is 0 Å². The fourth-order valence-corrected chi connectivity index (χ4v) is 1.32. The van der Waals surface area contributed by atoms with E-state index in [2.05, 4.69) is 35.2 Å². The lowest BCUT2D eigenvalue weighted by atomic mass is 10.1. The predicted molar refractivity (Wildman–Crippen MR) is 53.1 cm³/mol. The number of halogens is 1. The third-order valence-electron chi connectivity index (χ3n) is 1.36. The second kappa shape index (κ2) is 4.43. The zero-order valence-corrected chi connectivity index (χ0v) is 9.11. The standard InChI is InChI=1S/C6H11IO2S/c1-3-6(2,4-7)9-5(8)10/h3-4H2,1-2H3,(H,8,10). The third kappa shape index (κ3) is 3.65. The van der Waals surface area contributed by atoms with Crippen molar-refractivity contribution in [3.63, 3.8) is 0 Å². The summed E-state index contributed by atoms with van der Waals surface area (Å²) in [7, 11) is 0. The summed E-state index contributed by atoms with van der Waals surface area (Å²) in [6, 6.07) is 0. The summed E-state index contributed by atoms with van der Waals surface area (Å²) in [6.07, 6.45) is 0.822. The van der Waals surface area contributed by atoms with E-state index in [1.54, 1.807) is 0 Å². The lowest BCUT2D eigenvalue weighted by Crippen LogP contribution is -2.30. The van der Waals surface area contributed by atoms with Crippen molar-refractivity contribution in [3.8, 4) is 0 Å². The molecule has 2 nitrogen and oxygen atoms in total. The molecule has 0 radical (unpaired) electrons. The van der Waals surface area contributed by atoms with Crippen molar-refractivity contribution in [2.45, 2.75) is 25.9 Å². The van der Waals surface area contributed by atoms with E-state index < -0.39 is 5.30 Å². The number of thiol groups is 1. The van der Waals surface area contributed by atoms with Gasteiger partial charge in [-0.15, -0.1) is 0 Å². The number of rotatable bonds is 3. The minimum absolute atomic E-state index is 0.334. The van der Waals surface area contributed by atoms with E-state index in [9.17, 15) is 4.79 Å². The van der Waals surface area contributed by atoms with Crippen molar-refractivity contribution in [3.05, 3.63) is 0 Å². The van der Waals surface area contributed by atoms with Gasteiger partial charge in [0.1, 0.15) is 5.60 Å². The van der Waals surface area contributed by atoms with Gasteiger partial charge in [0, 0.05) is 4.43 Å². The zero-order valence-electron chi connectivity index (χ0n) is 6.06. The van der Waals surface area contributed by atoms with Crippen molar-refractivity contribution < 1.29 is 9.53 Å². The van der Waals surface area contributed by atoms with Crippen LogP contribution < -0.4 is 0 Å². The monoisotopic (exact) mass is 274 g/mol. The van der Waals surface area contributed by atoms with Crippen LogP contribution in [0.5, 0.6) is 0 Å². The molecule has 4 heteroatoms. The Kier molecular flexibility index (Phi) is 4.68. The number of carbonyl (C=O) groups is 1. The first kappa shape index (κ1) is 10.6. The third-order valence-corrected chi connectivity index (χ3v) is 3.07. The number of carbonyl (C=O) groups excluding carboxylic acids is 1. The molecule has 0 aliphatic carbocycles. The van der Waals surface area contributed by atoms with Crippen LogP contribution in [0.4, 0.5) is 4.79 Å². The summed E-state index contributed by atoms with van der Waals surface area (Å²) >= 11 is 5.72. The molecule has 0 aliphatic rings. The Balaban J connectivity index is 3.92. The molecule has 0 aromatic rings. The summed E-state index contributed by atoms with van der Waals surface area (Å²) < 4.78 is 5.75. The molecule has 1 unspecified atom stereocenters. The van der Waals surface area contributed by atoms with Gasteiger partial charge in [0.25, 0.3) is 0 Å². The van der Waals surface area contributed by atoms with Gasteiger partial charge in [0.05, 0.1) is 0 Å². The van der Waals surface area contributed by atoms with Crippen LogP contribution in [0.25, 0.3) is 0 Å². The summed E-state index contributed by atoms with van der Waals surface area (Å²) in [6.45, 7) is 3.88. The molecule has 0 aromatic heterocycles. The molecule has 0 aromatic carbocycles. The lowest BCUT2D eigenvalue weighted by molar-refractivity contribution is 0.0621. The Morgan fingerprint density at radius 3 is 2.40 bits per heavy atom. The van der Waals surface area contributed by atoms with Crippen LogP contribution in [0.2, 0.25) is 0 Å². The minimum Gasteiger partial charge on any atom is -0.451 e. The number of alkyl halides is 1. The van der Waals surface area contributed by atoms with E-state index in [4.69, 9.17) is 4.74 Å². The average molecular weight is 274 g/mol. The van der Waals surface area contributed by atoms with Crippen molar-refractivity contribution in [1.29, 1.82) is 0 Å². The molecule has 0 N–H and O–H groups in total. The highest BCUT2D eigenvalue weighted by atomic mass is 127. The highest BCUT2D eigenvalue weighted by Gasteiger charge is 2.23. The molecule has 0 aliphatic heterocycles. The molecule has 1 atom stereocenters. The Labute approximate surface area is 80.3 Å². The highest BCUT2D eigenvalue weighted by Crippen LogP contribution is 2.19. The molecule has 0 fully saturated rings. The predicted octanol–water partition coefficient (Wildman–Crippen LogP) is 2.66. The molecular weight excluding hydrogens is 263 g/mol. The summed E-state index contributed by atoms with van der Waals surface area (Å²) in [4.78, 5) is 10.4. The molecule has 60 valence electrons. The summed E-state index contributed by atoms with van der Waals surface area (Å²) in [5, 5.41) is -0.499. The van der Waals surface area contributed by atoms with Crippen molar-refractivity contribution >= 4 is 40.5 Å². The maximum absolute atomic E-state index is 10.4. The minimum atomic E-state index is -0.499. The van der Waals surface area contributed by atoms with Crippen LogP contribution in [0.3, 0.4) is 0 Å². The van der Waals surface area contributed by atoms with Crippen molar-refractivity contribution in [2.24, 2.45) is 0 Å². The van der Waals surface area contributed by atoms with Gasteiger partial charge in [-0.1, -0.05) is 42.1 Å². The zero-order chi connectivity index (χ0) is 8.20. The van der Waals surface area contributed by atoms with Gasteiger partial charge in [-0.3, -0.25) is 0 Å². The molecule has 0 saturated heterocycles. The number of hydrogen-bond donors (Lipinski definition) is 1. The largest absolute Gasteiger partial charge is 0.451 e. The quantitative estimate of drug-likeness (QED) is 0.370. The van der Waals surface area contributed by atoms with Gasteiger partial charge in [-0.05, 0) is 13.3 Å². The highest BCUT2D eigenvalue weighted by molar-refractivity contribution is 14.1. The summed E-state index contributed by atoms with van der Waals surface area (Å²) in [5.41, 5.74) is -0.334. The Bertz CT molecular complexity index is 123. The molecule has 0 rings (SSSR count). The molecule has 0 heterocycles. The molecule has 0 bridgehead atoms. The maximum Gasteiger partial charge on any atom is 0.364 e. The second-order valence-corrected chi connectivity index (χ2v) is 3.43. The van der Waals surface area contributed by atoms with Crippen LogP contribution in [-0.2, 0) is 4.74 Å². The first-order valence-corrected chi connectivity index (χ1v) is 4.99. The van der Waals surface area contributed by atoms with E-state index in [0.29, 0.717) is 0 Å². The van der Waals surface area contributed by atoms with Crippen molar-refractivity contribution in [2.75, 3.05) is 4.43 Å². The topological polar surface area (TPSA) is 26.3 Å². The number of hydrogen-bond acceptors (Lipinski definition) is 2. The maximum atomic E-state index is 10.4. The Morgan fingerprint density at radius 1 is 1.80 bits per heavy atom. The molecule has 0 spiro atoms. The smallest absolute Gasteiger partial charge is 0.364 e. The van der Waals surface area contributed by atoms with Gasteiger partial charge < -0.3 is 4.74 Å². The van der Waals surface area contributed by atoms with E-state index in [-0.39, 0.29) is 5.60 Å². The van der Waals surface area contributed by atoms with E-state index >= 15 is 0 Å². The van der Waals surface area contributed by atoms with Gasteiger partial charge in [-0.2, -0.15) is 0 Å². The fraction of sp³-hybridized carbons (Fsp3) is 0.833. The normalized spacial score (nSPS) is 16.0. The molecule has 10 heavy (non-hydrogen) atoms. The van der Waals surface area contributed by atoms with Crippen LogP contribution in [0.1, 0.15) is 20.3 Å². The van der Waals surface area contributed by atoms with Gasteiger partial charge in [0.15, 0.2) is 0 Å². The molecular formula is C6H11IO2S. The van der Waals surface area contributed by atoms with Gasteiger partial charge in [0.2, 0.25) is 0 Å². The van der Waals surface area contributed by atoms with Crippen LogP contribution >= 0.6 is 35.2 Å². The average Bonchev–Trinajstić information content (AvgIpc) is 1.87. The molecule has 0 amide bonds. The SMILES string of the molecule is CCC(C)(CI)OC(=O)S. The van der Waals surface area contributed by atoms with E-state index in [0.717, 1.165) is 10.8 Å². The Morgan fingerprint density at radius 2 is 2.30 bits per heavy atom. The number of ether oxygens (including phenoxy) is 1. The van der Waals surface area contributed by atoms with E-state index in [1.165, 1.54) is 0 Å². The molecule has 0 saturated carbocycles.